The Morgan fingerprint density at radius 1 is 0.828 bits per heavy atom. The molecular weight excluding hydrogens is 416 g/mol. The predicted octanol–water partition coefficient (Wildman–Crippen LogP) is 3.35. The molecule has 5 unspecified atom stereocenters. The molecule has 1 aliphatic heterocycles. The van der Waals surface area contributed by atoms with Gasteiger partial charge in [0.2, 0.25) is 0 Å². The van der Waals surface area contributed by atoms with Crippen molar-refractivity contribution in [3.05, 3.63) is 0 Å². The highest BCUT2D eigenvalue weighted by atomic mass is 32.2. The quantitative estimate of drug-likeness (QED) is 0.498. The number of fused-ring (bicyclic) bond motifs is 5. The lowest BCUT2D eigenvalue weighted by Crippen LogP contribution is -2.59. The monoisotopic (exact) mass is 439 g/mol. The number of rotatable bonds is 3. The molecule has 10 heteroatoms. The second-order valence-corrected chi connectivity index (χ2v) is 11.7. The Bertz CT molecular complexity index is 818. The minimum Gasteiger partial charge on any atom is -0.743 e. The van der Waals surface area contributed by atoms with Crippen LogP contribution in [0.4, 0.5) is 17.6 Å². The summed E-state index contributed by atoms with van der Waals surface area (Å²) in [6.45, 7) is 0. The van der Waals surface area contributed by atoms with E-state index in [4.69, 9.17) is 9.47 Å². The Morgan fingerprint density at radius 2 is 1.38 bits per heavy atom. The summed E-state index contributed by atoms with van der Waals surface area (Å²) in [7, 11) is -6.48. The maximum absolute atomic E-state index is 14.6. The molecule has 7 fully saturated rings. The summed E-state index contributed by atoms with van der Waals surface area (Å²) < 4.78 is 102. The molecule has 1 spiro atoms. The van der Waals surface area contributed by atoms with Crippen molar-refractivity contribution in [2.24, 2.45) is 41.4 Å². The highest BCUT2D eigenvalue weighted by Gasteiger charge is 2.75. The molecule has 5 nitrogen and oxygen atoms in total. The van der Waals surface area contributed by atoms with Gasteiger partial charge in [-0.3, -0.25) is 0 Å². The van der Waals surface area contributed by atoms with Crippen molar-refractivity contribution in [2.75, 3.05) is 0 Å². The highest BCUT2D eigenvalue weighted by molar-refractivity contribution is 7.86. The van der Waals surface area contributed by atoms with Crippen molar-refractivity contribution in [1.82, 2.24) is 0 Å². The maximum atomic E-state index is 14.6. The van der Waals surface area contributed by atoms with Crippen molar-refractivity contribution in [1.29, 1.82) is 0 Å². The topological polar surface area (TPSA) is 75.7 Å². The van der Waals surface area contributed by atoms with E-state index in [0.717, 1.165) is 25.7 Å². The average molecular weight is 439 g/mol. The molecular formula is C19H23F4O5S-. The summed E-state index contributed by atoms with van der Waals surface area (Å²) in [5.74, 6) is -7.18. The van der Waals surface area contributed by atoms with E-state index in [1.54, 1.807) is 0 Å². The van der Waals surface area contributed by atoms with Gasteiger partial charge in [0.05, 0.1) is 12.2 Å². The van der Waals surface area contributed by atoms with Crippen LogP contribution in [0.3, 0.4) is 0 Å². The van der Waals surface area contributed by atoms with Gasteiger partial charge in [-0.15, -0.1) is 0 Å². The van der Waals surface area contributed by atoms with E-state index in [9.17, 15) is 30.5 Å². The average Bonchev–Trinajstić information content (AvgIpc) is 3.28. The molecule has 7 rings (SSSR count). The van der Waals surface area contributed by atoms with Gasteiger partial charge < -0.3 is 14.0 Å². The fraction of sp³-hybridized carbons (Fsp3) is 1.00. The molecule has 0 aromatic heterocycles. The molecule has 0 N–H and O–H groups in total. The third kappa shape index (κ3) is 2.24. The molecule has 1 saturated heterocycles. The van der Waals surface area contributed by atoms with Crippen LogP contribution in [0.1, 0.15) is 44.9 Å². The molecule has 29 heavy (non-hydrogen) atoms. The number of halogens is 4. The van der Waals surface area contributed by atoms with Crippen molar-refractivity contribution in [3.63, 3.8) is 0 Å². The molecule has 164 valence electrons. The SMILES string of the molecule is O=S(=O)([O-])C(F)(F)C(F)(F)C1CC2CC1C1OC3(OC21)C1CC2CC(C1)CC3C2. The molecule has 6 saturated carbocycles. The Morgan fingerprint density at radius 3 is 1.93 bits per heavy atom. The van der Waals surface area contributed by atoms with Gasteiger partial charge in [0.25, 0.3) is 0 Å². The van der Waals surface area contributed by atoms with Crippen molar-refractivity contribution in [2.45, 2.75) is 74.1 Å². The second-order valence-electron chi connectivity index (χ2n) is 10.3. The zero-order chi connectivity index (χ0) is 20.6. The fourth-order valence-corrected chi connectivity index (χ4v) is 8.54. The van der Waals surface area contributed by atoms with Crippen LogP contribution in [-0.4, -0.2) is 42.1 Å². The van der Waals surface area contributed by atoms with E-state index in [0.29, 0.717) is 11.8 Å². The lowest BCUT2D eigenvalue weighted by atomic mass is 9.53. The fourth-order valence-electron chi connectivity index (χ4n) is 8.05. The normalized spacial score (nSPS) is 53.2. The van der Waals surface area contributed by atoms with E-state index in [-0.39, 0.29) is 30.6 Å². The zero-order valence-corrected chi connectivity index (χ0v) is 16.4. The molecule has 0 aromatic rings. The summed E-state index contributed by atoms with van der Waals surface area (Å²) in [5, 5.41) is -5.63. The lowest BCUT2D eigenvalue weighted by molar-refractivity contribution is -0.304. The first-order valence-corrected chi connectivity index (χ1v) is 11.9. The van der Waals surface area contributed by atoms with Crippen LogP contribution in [0.15, 0.2) is 0 Å². The predicted molar refractivity (Wildman–Crippen MR) is 88.8 cm³/mol. The van der Waals surface area contributed by atoms with Gasteiger partial charge in [0.15, 0.2) is 15.9 Å². The van der Waals surface area contributed by atoms with E-state index < -0.39 is 51.1 Å². The smallest absolute Gasteiger partial charge is 0.396 e. The summed E-state index contributed by atoms with van der Waals surface area (Å²) in [6, 6.07) is 0. The minimum atomic E-state index is -6.48. The number of alkyl halides is 4. The minimum absolute atomic E-state index is 0.214. The standard InChI is InChI=1S/C19H24F4O5S/c20-18(21,19(22,23)29(24,25)26)14-7-10-6-13(14)16-15(10)27-17(28-16)11-2-8-1-9(4-11)5-12(17)3-8/h8-16H,1-7H2,(H,24,25,26)/p-1. The molecule has 7 aliphatic rings. The Kier molecular flexibility index (Phi) is 3.64. The molecule has 0 radical (unpaired) electrons. The van der Waals surface area contributed by atoms with Gasteiger partial charge in [-0.1, -0.05) is 0 Å². The first-order valence-electron chi connectivity index (χ1n) is 10.5. The number of hydrogen-bond acceptors (Lipinski definition) is 5. The third-order valence-electron chi connectivity index (χ3n) is 8.94. The molecule has 1 heterocycles. The Hall–Kier alpha value is -0.450. The summed E-state index contributed by atoms with van der Waals surface area (Å²) in [4.78, 5) is 0. The van der Waals surface area contributed by atoms with Crippen LogP contribution in [-0.2, 0) is 19.6 Å². The lowest BCUT2D eigenvalue weighted by Gasteiger charge is -2.58. The van der Waals surface area contributed by atoms with Crippen LogP contribution in [0.5, 0.6) is 0 Å². The van der Waals surface area contributed by atoms with Crippen molar-refractivity contribution >= 4 is 10.1 Å². The molecule has 0 aromatic carbocycles. The van der Waals surface area contributed by atoms with E-state index >= 15 is 0 Å². The van der Waals surface area contributed by atoms with Gasteiger partial charge in [-0.25, -0.2) is 8.42 Å². The molecule has 5 atom stereocenters. The van der Waals surface area contributed by atoms with Crippen LogP contribution in [0.2, 0.25) is 0 Å². The van der Waals surface area contributed by atoms with Gasteiger partial charge in [0, 0.05) is 17.8 Å². The second kappa shape index (κ2) is 5.48. The van der Waals surface area contributed by atoms with Crippen LogP contribution in [0.25, 0.3) is 0 Å². The summed E-state index contributed by atoms with van der Waals surface area (Å²) in [6.07, 6.45) is 4.04. The Balaban J connectivity index is 1.29. The first kappa shape index (κ1) is 19.3. The van der Waals surface area contributed by atoms with Crippen LogP contribution >= 0.6 is 0 Å². The summed E-state index contributed by atoms with van der Waals surface area (Å²) in [5.41, 5.74) is 0. The van der Waals surface area contributed by atoms with Gasteiger partial charge in [0.1, 0.15) is 0 Å². The highest BCUT2D eigenvalue weighted by Crippen LogP contribution is 2.68. The number of hydrogen-bond donors (Lipinski definition) is 0. The van der Waals surface area contributed by atoms with Gasteiger partial charge in [-0.05, 0) is 68.6 Å². The largest absolute Gasteiger partial charge is 0.743 e. The van der Waals surface area contributed by atoms with E-state index in [2.05, 4.69) is 0 Å². The van der Waals surface area contributed by atoms with Gasteiger partial charge in [-0.2, -0.15) is 17.6 Å². The third-order valence-corrected chi connectivity index (χ3v) is 9.84. The van der Waals surface area contributed by atoms with E-state index in [1.165, 1.54) is 6.42 Å². The van der Waals surface area contributed by atoms with Crippen LogP contribution < -0.4 is 0 Å². The van der Waals surface area contributed by atoms with E-state index in [1.807, 2.05) is 0 Å². The van der Waals surface area contributed by atoms with Crippen LogP contribution in [0, 0.1) is 41.4 Å². The molecule has 6 aliphatic carbocycles. The molecule has 6 bridgehead atoms. The van der Waals surface area contributed by atoms with Crippen molar-refractivity contribution < 1.29 is 40.0 Å². The molecule has 0 amide bonds. The number of ether oxygens (including phenoxy) is 2. The maximum Gasteiger partial charge on any atom is 0.396 e. The Labute approximate surface area is 166 Å². The summed E-state index contributed by atoms with van der Waals surface area (Å²) >= 11 is 0. The van der Waals surface area contributed by atoms with Crippen molar-refractivity contribution in [3.8, 4) is 0 Å². The van der Waals surface area contributed by atoms with Gasteiger partial charge >= 0.3 is 11.2 Å². The first-order chi connectivity index (χ1) is 13.4. The zero-order valence-electron chi connectivity index (χ0n) is 15.6.